The van der Waals surface area contributed by atoms with Crippen molar-refractivity contribution in [3.05, 3.63) is 58.4 Å². The summed E-state index contributed by atoms with van der Waals surface area (Å²) in [5, 5.41) is 10.1. The van der Waals surface area contributed by atoms with Crippen LogP contribution in [-0.2, 0) is 11.4 Å². The lowest BCUT2D eigenvalue weighted by Gasteiger charge is -2.36. The van der Waals surface area contributed by atoms with Crippen LogP contribution in [0.4, 0.5) is 4.39 Å². The average molecular weight is 408 g/mol. The molecule has 1 fully saturated rings. The lowest BCUT2D eigenvalue weighted by molar-refractivity contribution is -0.146. The van der Waals surface area contributed by atoms with Gasteiger partial charge in [0.25, 0.3) is 5.91 Å². The molecule has 0 bridgehead atoms. The molecule has 1 amide bonds. The molecular formula is C21H23ClFNO4. The molecule has 7 heteroatoms. The normalized spacial score (nSPS) is 18.1. The molecule has 2 atom stereocenters. The molecule has 0 aromatic heterocycles. The van der Waals surface area contributed by atoms with E-state index in [0.29, 0.717) is 42.0 Å². The molecule has 1 aliphatic rings. The molecule has 0 radical (unpaired) electrons. The van der Waals surface area contributed by atoms with Crippen LogP contribution >= 0.6 is 11.6 Å². The predicted octanol–water partition coefficient (Wildman–Crippen LogP) is 4.11. The van der Waals surface area contributed by atoms with Gasteiger partial charge in [0.1, 0.15) is 30.0 Å². The minimum atomic E-state index is -1.01. The smallest absolute Gasteiger partial charge is 0.251 e. The Bertz CT molecular complexity index is 843. The number of halogens is 2. The summed E-state index contributed by atoms with van der Waals surface area (Å²) in [5.41, 5.74) is 1.18. The quantitative estimate of drug-likeness (QED) is 0.782. The first-order chi connectivity index (χ1) is 13.4. The molecule has 150 valence electrons. The van der Waals surface area contributed by atoms with E-state index in [2.05, 4.69) is 0 Å². The zero-order valence-corrected chi connectivity index (χ0v) is 16.6. The van der Waals surface area contributed by atoms with Crippen molar-refractivity contribution in [3.8, 4) is 11.5 Å². The summed E-state index contributed by atoms with van der Waals surface area (Å²) in [7, 11) is 1.58. The number of methoxy groups -OCH3 is 1. The number of carbonyl (C=O) groups excluding carboxylic acids is 1. The van der Waals surface area contributed by atoms with Crippen LogP contribution in [0.3, 0.4) is 0 Å². The van der Waals surface area contributed by atoms with Crippen molar-refractivity contribution in [2.75, 3.05) is 13.7 Å². The Balaban J connectivity index is 1.85. The Morgan fingerprint density at radius 3 is 2.64 bits per heavy atom. The van der Waals surface area contributed by atoms with Gasteiger partial charge in [0, 0.05) is 12.1 Å². The van der Waals surface area contributed by atoms with E-state index in [1.165, 1.54) is 12.1 Å². The number of amides is 1. The number of ether oxygens (including phenoxy) is 2. The first kappa shape index (κ1) is 20.4. The average Bonchev–Trinajstić information content (AvgIpc) is 2.69. The van der Waals surface area contributed by atoms with E-state index in [4.69, 9.17) is 21.1 Å². The maximum atomic E-state index is 14.1. The van der Waals surface area contributed by atoms with Crippen molar-refractivity contribution in [2.45, 2.75) is 38.5 Å². The molecule has 0 aliphatic carbocycles. The van der Waals surface area contributed by atoms with Gasteiger partial charge in [0.2, 0.25) is 0 Å². The summed E-state index contributed by atoms with van der Waals surface area (Å²) < 4.78 is 25.0. The fraction of sp³-hybridized carbons (Fsp3) is 0.381. The molecule has 0 saturated carbocycles. The Morgan fingerprint density at radius 2 is 1.96 bits per heavy atom. The highest BCUT2D eigenvalue weighted by Gasteiger charge is 2.32. The van der Waals surface area contributed by atoms with E-state index < -0.39 is 18.0 Å². The number of carbonyl (C=O) groups is 1. The van der Waals surface area contributed by atoms with Gasteiger partial charge < -0.3 is 19.5 Å². The van der Waals surface area contributed by atoms with Crippen LogP contribution in [-0.4, -0.2) is 35.7 Å². The van der Waals surface area contributed by atoms with Gasteiger partial charge in [-0.1, -0.05) is 11.6 Å². The van der Waals surface area contributed by atoms with Gasteiger partial charge >= 0.3 is 0 Å². The molecule has 3 rings (SSSR count). The number of piperidine rings is 1. The van der Waals surface area contributed by atoms with Crippen molar-refractivity contribution in [2.24, 2.45) is 0 Å². The standard InChI is InChI=1S/C21H23ClFNO4/c1-13(24-9-3-4-20(25)21(24)26)17-10-14(23)11-19(22)18(17)12-28-16-7-5-15(27-2)6-8-16/h5-8,10-11,13,20,25H,3-4,9,12H2,1-2H3/t13-,20+/m0/s1. The summed E-state index contributed by atoms with van der Waals surface area (Å²) >= 11 is 6.30. The molecule has 1 aliphatic heterocycles. The number of rotatable bonds is 6. The third-order valence-electron chi connectivity index (χ3n) is 5.00. The molecule has 1 heterocycles. The molecule has 1 N–H and O–H groups in total. The second-order valence-electron chi connectivity index (χ2n) is 6.79. The lowest BCUT2D eigenvalue weighted by Crippen LogP contribution is -2.45. The fourth-order valence-corrected chi connectivity index (χ4v) is 3.68. The predicted molar refractivity (Wildman–Crippen MR) is 104 cm³/mol. The Kier molecular flexibility index (Phi) is 6.42. The second kappa shape index (κ2) is 8.80. The topological polar surface area (TPSA) is 59.0 Å². The van der Waals surface area contributed by atoms with Crippen LogP contribution in [0.1, 0.15) is 36.9 Å². The first-order valence-corrected chi connectivity index (χ1v) is 9.51. The van der Waals surface area contributed by atoms with Crippen LogP contribution in [0.15, 0.2) is 36.4 Å². The van der Waals surface area contributed by atoms with Gasteiger partial charge in [-0.05, 0) is 61.7 Å². The van der Waals surface area contributed by atoms with Crippen LogP contribution in [0, 0.1) is 5.82 Å². The van der Waals surface area contributed by atoms with Crippen molar-refractivity contribution >= 4 is 17.5 Å². The van der Waals surface area contributed by atoms with Crippen LogP contribution in [0.25, 0.3) is 0 Å². The van der Waals surface area contributed by atoms with E-state index in [-0.39, 0.29) is 17.5 Å². The van der Waals surface area contributed by atoms with Crippen LogP contribution < -0.4 is 9.47 Å². The Hall–Kier alpha value is -2.31. The van der Waals surface area contributed by atoms with Crippen molar-refractivity contribution < 1.29 is 23.8 Å². The van der Waals surface area contributed by atoms with E-state index >= 15 is 0 Å². The zero-order valence-electron chi connectivity index (χ0n) is 15.8. The van der Waals surface area contributed by atoms with Crippen LogP contribution in [0.5, 0.6) is 11.5 Å². The Labute approximate surface area is 168 Å². The molecule has 28 heavy (non-hydrogen) atoms. The van der Waals surface area contributed by atoms with Gasteiger partial charge in [-0.25, -0.2) is 4.39 Å². The molecule has 5 nitrogen and oxygen atoms in total. The van der Waals surface area contributed by atoms with Gasteiger partial charge in [-0.15, -0.1) is 0 Å². The molecule has 2 aromatic carbocycles. The number of benzene rings is 2. The zero-order chi connectivity index (χ0) is 20.3. The minimum absolute atomic E-state index is 0.121. The van der Waals surface area contributed by atoms with Crippen molar-refractivity contribution in [1.82, 2.24) is 4.90 Å². The van der Waals surface area contributed by atoms with Crippen molar-refractivity contribution in [1.29, 1.82) is 0 Å². The van der Waals surface area contributed by atoms with E-state index in [9.17, 15) is 14.3 Å². The highest BCUT2D eigenvalue weighted by Crippen LogP contribution is 2.33. The molecule has 1 saturated heterocycles. The molecule has 2 aromatic rings. The second-order valence-corrected chi connectivity index (χ2v) is 7.19. The third-order valence-corrected chi connectivity index (χ3v) is 5.34. The fourth-order valence-electron chi connectivity index (χ4n) is 3.41. The summed E-state index contributed by atoms with van der Waals surface area (Å²) in [6.45, 7) is 2.43. The van der Waals surface area contributed by atoms with Gasteiger partial charge in [0.05, 0.1) is 18.2 Å². The summed E-state index contributed by atoms with van der Waals surface area (Å²) in [5.74, 6) is 0.499. The minimum Gasteiger partial charge on any atom is -0.497 e. The lowest BCUT2D eigenvalue weighted by atomic mass is 9.97. The number of likely N-dealkylation sites (tertiary alicyclic amines) is 1. The first-order valence-electron chi connectivity index (χ1n) is 9.14. The summed E-state index contributed by atoms with van der Waals surface area (Å²) in [6.07, 6.45) is 0.122. The third kappa shape index (κ3) is 4.39. The SMILES string of the molecule is COc1ccc(OCc2c(Cl)cc(F)cc2[C@H](C)N2CCC[C@@H](O)C2=O)cc1. The number of hydrogen-bond donors (Lipinski definition) is 1. The summed E-state index contributed by atoms with van der Waals surface area (Å²) in [6, 6.07) is 9.26. The number of aliphatic hydroxyl groups excluding tert-OH is 1. The van der Waals surface area contributed by atoms with Crippen LogP contribution in [0.2, 0.25) is 5.02 Å². The maximum Gasteiger partial charge on any atom is 0.251 e. The highest BCUT2D eigenvalue weighted by molar-refractivity contribution is 6.31. The van der Waals surface area contributed by atoms with Gasteiger partial charge in [-0.3, -0.25) is 4.79 Å². The largest absolute Gasteiger partial charge is 0.497 e. The monoisotopic (exact) mass is 407 g/mol. The molecule has 0 unspecified atom stereocenters. The van der Waals surface area contributed by atoms with E-state index in [0.717, 1.165) is 0 Å². The molecule has 0 spiro atoms. The van der Waals surface area contributed by atoms with Crippen molar-refractivity contribution in [3.63, 3.8) is 0 Å². The van der Waals surface area contributed by atoms with E-state index in [1.807, 2.05) is 0 Å². The van der Waals surface area contributed by atoms with Gasteiger partial charge in [-0.2, -0.15) is 0 Å². The number of hydrogen-bond acceptors (Lipinski definition) is 4. The number of nitrogens with zero attached hydrogens (tertiary/aromatic N) is 1. The van der Waals surface area contributed by atoms with E-state index in [1.54, 1.807) is 43.2 Å². The summed E-state index contributed by atoms with van der Waals surface area (Å²) in [4.78, 5) is 13.9. The number of aliphatic hydroxyl groups is 1. The highest BCUT2D eigenvalue weighted by atomic mass is 35.5. The maximum absolute atomic E-state index is 14.1. The van der Waals surface area contributed by atoms with Gasteiger partial charge in [0.15, 0.2) is 0 Å². The Morgan fingerprint density at radius 1 is 1.29 bits per heavy atom. The molecular weight excluding hydrogens is 385 g/mol.